The fraction of sp³-hybridized carbons (Fsp3) is 0.938. The van der Waals surface area contributed by atoms with E-state index < -0.39 is 0 Å². The Morgan fingerprint density at radius 3 is 2.58 bits per heavy atom. The van der Waals surface area contributed by atoms with Gasteiger partial charge in [-0.1, -0.05) is 26.2 Å². The lowest BCUT2D eigenvalue weighted by atomic mass is 9.82. The van der Waals surface area contributed by atoms with Crippen molar-refractivity contribution >= 4 is 11.8 Å². The van der Waals surface area contributed by atoms with Crippen LogP contribution in [0.4, 0.5) is 0 Å². The van der Waals surface area contributed by atoms with Crippen LogP contribution in [0.25, 0.3) is 0 Å². The summed E-state index contributed by atoms with van der Waals surface area (Å²) in [7, 11) is 0. The molecule has 2 saturated carbocycles. The molecule has 2 aliphatic carbocycles. The summed E-state index contributed by atoms with van der Waals surface area (Å²) < 4.78 is 0. The van der Waals surface area contributed by atoms with Gasteiger partial charge >= 0.3 is 0 Å². The summed E-state index contributed by atoms with van der Waals surface area (Å²) in [5, 5.41) is 14.7. The summed E-state index contributed by atoms with van der Waals surface area (Å²) in [4.78, 5) is 0. The Bertz CT molecular complexity index is 306. The van der Waals surface area contributed by atoms with Gasteiger partial charge in [0, 0.05) is 10.5 Å². The first-order valence-corrected chi connectivity index (χ1v) is 9.04. The Labute approximate surface area is 122 Å². The summed E-state index contributed by atoms with van der Waals surface area (Å²) in [6, 6.07) is 2.60. The molecule has 0 aromatic heterocycles. The lowest BCUT2D eigenvalue weighted by Crippen LogP contribution is -2.48. The molecule has 0 aliphatic heterocycles. The van der Waals surface area contributed by atoms with Gasteiger partial charge in [-0.05, 0) is 51.5 Å². The molecule has 0 bridgehead atoms. The molecule has 0 radical (unpaired) electrons. The normalized spacial score (nSPS) is 32.9. The maximum absolute atomic E-state index is 9.57. The van der Waals surface area contributed by atoms with Gasteiger partial charge in [0.25, 0.3) is 0 Å². The van der Waals surface area contributed by atoms with Crippen molar-refractivity contribution in [1.29, 1.82) is 5.26 Å². The number of nitrogens with zero attached hydrogens (tertiary/aromatic N) is 1. The van der Waals surface area contributed by atoms with Gasteiger partial charge in [-0.15, -0.1) is 0 Å². The summed E-state index contributed by atoms with van der Waals surface area (Å²) in [6.45, 7) is 3.16. The number of hydrogen-bond acceptors (Lipinski definition) is 3. The van der Waals surface area contributed by atoms with E-state index in [1.165, 1.54) is 44.9 Å². The Balaban J connectivity index is 1.86. The standard InChI is InChI=1S/C16H28N2S/c1-2-11-18-16(13-17)10-6-9-15(12-16)19-14-7-4-3-5-8-14/h14-15,18H,2-12H2,1H3. The highest BCUT2D eigenvalue weighted by Crippen LogP contribution is 2.40. The maximum atomic E-state index is 9.57. The van der Waals surface area contributed by atoms with Crippen LogP contribution in [0.2, 0.25) is 0 Å². The van der Waals surface area contributed by atoms with E-state index in [2.05, 4.69) is 30.1 Å². The second-order valence-corrected chi connectivity index (χ2v) is 7.84. The van der Waals surface area contributed by atoms with Gasteiger partial charge in [-0.3, -0.25) is 5.32 Å². The van der Waals surface area contributed by atoms with E-state index in [1.807, 2.05) is 0 Å². The largest absolute Gasteiger partial charge is 0.299 e. The Hall–Kier alpha value is -0.200. The first-order valence-electron chi connectivity index (χ1n) is 8.10. The zero-order chi connectivity index (χ0) is 13.6. The molecule has 1 N–H and O–H groups in total. The van der Waals surface area contributed by atoms with E-state index in [1.54, 1.807) is 0 Å². The topological polar surface area (TPSA) is 35.8 Å². The Morgan fingerprint density at radius 1 is 1.16 bits per heavy atom. The first-order chi connectivity index (χ1) is 9.28. The third-order valence-electron chi connectivity index (χ3n) is 4.57. The second-order valence-electron chi connectivity index (χ2n) is 6.24. The van der Waals surface area contributed by atoms with Crippen LogP contribution in [-0.2, 0) is 0 Å². The molecular formula is C16H28N2S. The molecule has 2 aliphatic rings. The van der Waals surface area contributed by atoms with Crippen molar-refractivity contribution in [3.05, 3.63) is 0 Å². The van der Waals surface area contributed by atoms with Crippen molar-refractivity contribution in [3.8, 4) is 6.07 Å². The van der Waals surface area contributed by atoms with Crippen LogP contribution < -0.4 is 5.32 Å². The van der Waals surface area contributed by atoms with Gasteiger partial charge in [0.15, 0.2) is 0 Å². The minimum Gasteiger partial charge on any atom is -0.299 e. The summed E-state index contributed by atoms with van der Waals surface area (Å²) in [5.74, 6) is 0. The molecule has 0 saturated heterocycles. The lowest BCUT2D eigenvalue weighted by molar-refractivity contribution is 0.304. The zero-order valence-corrected chi connectivity index (χ0v) is 13.1. The monoisotopic (exact) mass is 280 g/mol. The van der Waals surface area contributed by atoms with Gasteiger partial charge in [-0.25, -0.2) is 0 Å². The molecule has 2 rings (SSSR count). The van der Waals surface area contributed by atoms with E-state index in [-0.39, 0.29) is 5.54 Å². The van der Waals surface area contributed by atoms with Crippen LogP contribution in [0, 0.1) is 11.3 Å². The highest BCUT2D eigenvalue weighted by molar-refractivity contribution is 8.00. The van der Waals surface area contributed by atoms with Crippen LogP contribution in [0.3, 0.4) is 0 Å². The van der Waals surface area contributed by atoms with Gasteiger partial charge < -0.3 is 0 Å². The fourth-order valence-electron chi connectivity index (χ4n) is 3.48. The van der Waals surface area contributed by atoms with Crippen LogP contribution in [0.5, 0.6) is 0 Å². The Kier molecular flexibility index (Phi) is 6.04. The van der Waals surface area contributed by atoms with Gasteiger partial charge in [-0.2, -0.15) is 17.0 Å². The summed E-state index contributed by atoms with van der Waals surface area (Å²) in [6.07, 6.45) is 12.8. The number of nitriles is 1. The predicted molar refractivity (Wildman–Crippen MR) is 83.4 cm³/mol. The van der Waals surface area contributed by atoms with Gasteiger partial charge in [0.1, 0.15) is 5.54 Å². The van der Waals surface area contributed by atoms with Crippen molar-refractivity contribution in [2.24, 2.45) is 0 Å². The van der Waals surface area contributed by atoms with E-state index >= 15 is 0 Å². The fourth-order valence-corrected chi connectivity index (χ4v) is 5.31. The Morgan fingerprint density at radius 2 is 1.89 bits per heavy atom. The number of rotatable bonds is 5. The smallest absolute Gasteiger partial charge is 0.107 e. The number of nitrogens with one attached hydrogen (secondary N) is 1. The zero-order valence-electron chi connectivity index (χ0n) is 12.3. The molecule has 2 fully saturated rings. The molecule has 0 aromatic rings. The summed E-state index contributed by atoms with van der Waals surface area (Å²) in [5.41, 5.74) is -0.222. The highest BCUT2D eigenvalue weighted by atomic mass is 32.2. The van der Waals surface area contributed by atoms with Crippen molar-refractivity contribution in [1.82, 2.24) is 5.32 Å². The molecule has 0 aromatic carbocycles. The van der Waals surface area contributed by atoms with Crippen LogP contribution >= 0.6 is 11.8 Å². The molecule has 2 unspecified atom stereocenters. The van der Waals surface area contributed by atoms with E-state index in [0.29, 0.717) is 5.25 Å². The molecular weight excluding hydrogens is 252 g/mol. The molecule has 3 heteroatoms. The minimum atomic E-state index is -0.222. The van der Waals surface area contributed by atoms with E-state index in [0.717, 1.165) is 31.1 Å². The molecule has 0 spiro atoms. The molecule has 0 amide bonds. The van der Waals surface area contributed by atoms with Crippen molar-refractivity contribution in [2.45, 2.75) is 87.2 Å². The third-order valence-corrected chi connectivity index (χ3v) is 6.21. The quantitative estimate of drug-likeness (QED) is 0.817. The third kappa shape index (κ3) is 4.39. The average molecular weight is 280 g/mol. The molecule has 2 nitrogen and oxygen atoms in total. The first kappa shape index (κ1) is 15.2. The van der Waals surface area contributed by atoms with E-state index in [9.17, 15) is 5.26 Å². The lowest BCUT2D eigenvalue weighted by Gasteiger charge is -2.38. The van der Waals surface area contributed by atoms with Crippen molar-refractivity contribution in [3.63, 3.8) is 0 Å². The maximum Gasteiger partial charge on any atom is 0.107 e. The molecule has 0 heterocycles. The average Bonchev–Trinajstić information content (AvgIpc) is 2.46. The molecule has 2 atom stereocenters. The number of thioether (sulfide) groups is 1. The van der Waals surface area contributed by atoms with Gasteiger partial charge in [0.2, 0.25) is 0 Å². The van der Waals surface area contributed by atoms with Crippen molar-refractivity contribution < 1.29 is 0 Å². The predicted octanol–water partition coefficient (Wildman–Crippen LogP) is 4.26. The highest BCUT2D eigenvalue weighted by Gasteiger charge is 2.37. The molecule has 108 valence electrons. The van der Waals surface area contributed by atoms with Crippen molar-refractivity contribution in [2.75, 3.05) is 6.54 Å². The van der Waals surface area contributed by atoms with Crippen LogP contribution in [-0.4, -0.2) is 22.6 Å². The number of hydrogen-bond donors (Lipinski definition) is 1. The summed E-state index contributed by atoms with van der Waals surface area (Å²) >= 11 is 2.20. The second kappa shape index (κ2) is 7.55. The molecule has 19 heavy (non-hydrogen) atoms. The van der Waals surface area contributed by atoms with Gasteiger partial charge in [0.05, 0.1) is 6.07 Å². The minimum absolute atomic E-state index is 0.222. The van der Waals surface area contributed by atoms with Crippen LogP contribution in [0.15, 0.2) is 0 Å². The SMILES string of the molecule is CCCNC1(C#N)CCCC(SC2CCCCC2)C1. The van der Waals surface area contributed by atoms with Crippen LogP contribution in [0.1, 0.15) is 71.1 Å². The van der Waals surface area contributed by atoms with E-state index in [4.69, 9.17) is 0 Å².